The fourth-order valence-electron chi connectivity index (χ4n) is 3.33. The summed E-state index contributed by atoms with van der Waals surface area (Å²) in [5, 5.41) is 19.8. The molecule has 35 heavy (non-hydrogen) atoms. The lowest BCUT2D eigenvalue weighted by Crippen LogP contribution is -2.17. The third-order valence-electron chi connectivity index (χ3n) is 5.05. The molecule has 1 amide bonds. The number of nitrogens with one attached hydrogen (secondary N) is 1. The maximum Gasteiger partial charge on any atom is 0.271 e. The van der Waals surface area contributed by atoms with E-state index in [0.29, 0.717) is 17.9 Å². The highest BCUT2D eigenvalue weighted by Gasteiger charge is 2.13. The molecule has 0 aliphatic carbocycles. The van der Waals surface area contributed by atoms with E-state index in [1.165, 1.54) is 30.5 Å². The van der Waals surface area contributed by atoms with Crippen molar-refractivity contribution >= 4 is 17.8 Å². The number of benzene rings is 3. The summed E-state index contributed by atoms with van der Waals surface area (Å²) < 4.78 is 7.40. The van der Waals surface area contributed by atoms with Crippen LogP contribution in [0.1, 0.15) is 29.3 Å². The zero-order valence-corrected chi connectivity index (χ0v) is 19.0. The number of nitro groups is 1. The van der Waals surface area contributed by atoms with Crippen LogP contribution in [0.3, 0.4) is 0 Å². The molecule has 0 aliphatic rings. The zero-order valence-electron chi connectivity index (χ0n) is 19.0. The monoisotopic (exact) mass is 469 g/mol. The Hall–Kier alpha value is -4.79. The smallest absolute Gasteiger partial charge is 0.271 e. The largest absolute Gasteiger partial charge is 0.494 e. The highest BCUT2D eigenvalue weighted by molar-refractivity contribution is 5.96. The van der Waals surface area contributed by atoms with Gasteiger partial charge in [0.2, 0.25) is 0 Å². The van der Waals surface area contributed by atoms with Gasteiger partial charge in [-0.1, -0.05) is 31.2 Å². The second-order valence-electron chi connectivity index (χ2n) is 7.59. The molecule has 9 heteroatoms. The summed E-state index contributed by atoms with van der Waals surface area (Å²) in [5.74, 6) is 0.219. The van der Waals surface area contributed by atoms with Gasteiger partial charge in [0.15, 0.2) is 0 Å². The van der Waals surface area contributed by atoms with Crippen LogP contribution in [-0.2, 0) is 0 Å². The van der Waals surface area contributed by atoms with Crippen LogP contribution in [0.5, 0.6) is 5.75 Å². The number of para-hydroxylation sites is 1. The van der Waals surface area contributed by atoms with Crippen LogP contribution in [0, 0.1) is 10.1 Å². The molecule has 0 saturated heterocycles. The Labute approximate surface area is 201 Å². The van der Waals surface area contributed by atoms with Crippen molar-refractivity contribution in [1.82, 2.24) is 15.2 Å². The van der Waals surface area contributed by atoms with E-state index in [1.54, 1.807) is 4.68 Å². The molecule has 9 nitrogen and oxygen atoms in total. The summed E-state index contributed by atoms with van der Waals surface area (Å²) in [6.07, 6.45) is 4.24. The van der Waals surface area contributed by atoms with Gasteiger partial charge in [-0.15, -0.1) is 0 Å². The highest BCUT2D eigenvalue weighted by atomic mass is 16.6. The van der Waals surface area contributed by atoms with Crippen molar-refractivity contribution in [2.75, 3.05) is 6.61 Å². The lowest BCUT2D eigenvalue weighted by atomic mass is 10.1. The molecule has 1 heterocycles. The minimum absolute atomic E-state index is 0.138. The maximum atomic E-state index is 12.4. The molecule has 0 unspecified atom stereocenters. The van der Waals surface area contributed by atoms with Gasteiger partial charge in [0, 0.05) is 35.0 Å². The molecule has 0 fully saturated rings. The van der Waals surface area contributed by atoms with Crippen LogP contribution in [0.25, 0.3) is 16.9 Å². The maximum absolute atomic E-state index is 12.4. The average Bonchev–Trinajstić information content (AvgIpc) is 3.32. The van der Waals surface area contributed by atoms with Crippen LogP contribution < -0.4 is 10.2 Å². The molecule has 0 spiro atoms. The highest BCUT2D eigenvalue weighted by Crippen LogP contribution is 2.25. The first kappa shape index (κ1) is 23.4. The van der Waals surface area contributed by atoms with E-state index in [4.69, 9.17) is 9.84 Å². The van der Waals surface area contributed by atoms with Gasteiger partial charge >= 0.3 is 0 Å². The second-order valence-corrected chi connectivity index (χ2v) is 7.59. The second kappa shape index (κ2) is 10.9. The van der Waals surface area contributed by atoms with Gasteiger partial charge in [-0.25, -0.2) is 10.1 Å². The SMILES string of the molecule is CCCOc1ccc(-c2nn(-c3ccccc3)cc2C=NNC(=O)c2cccc([N+](=O)[O-])c2)cc1. The number of non-ortho nitro benzene ring substituents is 1. The molecule has 0 radical (unpaired) electrons. The number of nitrogens with zero attached hydrogens (tertiary/aromatic N) is 4. The van der Waals surface area contributed by atoms with Crippen LogP contribution >= 0.6 is 0 Å². The van der Waals surface area contributed by atoms with E-state index in [-0.39, 0.29) is 11.3 Å². The molecule has 0 atom stereocenters. The van der Waals surface area contributed by atoms with Crippen molar-refractivity contribution in [3.05, 3.63) is 106 Å². The van der Waals surface area contributed by atoms with Gasteiger partial charge in [-0.2, -0.15) is 10.2 Å². The Morgan fingerprint density at radius 2 is 1.89 bits per heavy atom. The lowest BCUT2D eigenvalue weighted by Gasteiger charge is -2.05. The van der Waals surface area contributed by atoms with Crippen LogP contribution in [-0.4, -0.2) is 33.4 Å². The normalized spacial score (nSPS) is 10.9. The van der Waals surface area contributed by atoms with Crippen molar-refractivity contribution < 1.29 is 14.5 Å². The average molecular weight is 470 g/mol. The predicted molar refractivity (Wildman–Crippen MR) is 133 cm³/mol. The Balaban J connectivity index is 1.60. The quantitative estimate of drug-likeness (QED) is 0.211. The minimum Gasteiger partial charge on any atom is -0.494 e. The van der Waals surface area contributed by atoms with Crippen LogP contribution in [0.2, 0.25) is 0 Å². The molecular formula is C26H23N5O4. The number of nitro benzene ring substituents is 1. The van der Waals surface area contributed by atoms with Crippen molar-refractivity contribution in [3.63, 3.8) is 0 Å². The number of amides is 1. The molecule has 176 valence electrons. The number of hydrogen-bond acceptors (Lipinski definition) is 6. The van der Waals surface area contributed by atoms with E-state index in [9.17, 15) is 14.9 Å². The third kappa shape index (κ3) is 5.77. The van der Waals surface area contributed by atoms with Crippen LogP contribution in [0.4, 0.5) is 5.69 Å². The fraction of sp³-hybridized carbons (Fsp3) is 0.115. The molecule has 0 saturated carbocycles. The van der Waals surface area contributed by atoms with Crippen molar-refractivity contribution in [2.24, 2.45) is 5.10 Å². The first-order valence-electron chi connectivity index (χ1n) is 11.0. The summed E-state index contributed by atoms with van der Waals surface area (Å²) in [5.41, 5.74) is 5.47. The fourth-order valence-corrected chi connectivity index (χ4v) is 3.33. The van der Waals surface area contributed by atoms with Crippen LogP contribution in [0.15, 0.2) is 90.2 Å². The standard InChI is InChI=1S/C26H23N5O4/c1-2-15-35-24-13-11-19(12-14-24)25-21(18-30(29-25)22-8-4-3-5-9-22)17-27-28-26(32)20-7-6-10-23(16-20)31(33)34/h3-14,16-18H,2,15H2,1H3,(H,28,32). The number of aromatic nitrogens is 2. The summed E-state index contributed by atoms with van der Waals surface area (Å²) in [6.45, 7) is 2.69. The number of rotatable bonds is 9. The minimum atomic E-state index is -0.556. The molecule has 0 bridgehead atoms. The van der Waals surface area contributed by atoms with E-state index in [0.717, 1.165) is 23.4 Å². The summed E-state index contributed by atoms with van der Waals surface area (Å²) in [6, 6.07) is 22.7. The molecule has 3 aromatic carbocycles. The first-order valence-corrected chi connectivity index (χ1v) is 11.0. The molecule has 4 rings (SSSR count). The number of hydrazone groups is 1. The topological polar surface area (TPSA) is 112 Å². The lowest BCUT2D eigenvalue weighted by molar-refractivity contribution is -0.384. The number of carbonyl (C=O) groups is 1. The van der Waals surface area contributed by atoms with Crippen molar-refractivity contribution in [2.45, 2.75) is 13.3 Å². The van der Waals surface area contributed by atoms with E-state index in [1.807, 2.05) is 67.7 Å². The molecule has 1 aromatic heterocycles. The predicted octanol–water partition coefficient (Wildman–Crippen LogP) is 5.00. The molecule has 1 N–H and O–H groups in total. The Bertz CT molecular complexity index is 1350. The Kier molecular flexibility index (Phi) is 7.27. The zero-order chi connectivity index (χ0) is 24.6. The summed E-state index contributed by atoms with van der Waals surface area (Å²) in [7, 11) is 0. The van der Waals surface area contributed by atoms with Gasteiger partial charge < -0.3 is 4.74 Å². The van der Waals surface area contributed by atoms with Gasteiger partial charge in [0.25, 0.3) is 11.6 Å². The number of carbonyl (C=O) groups excluding carboxylic acids is 1. The third-order valence-corrected chi connectivity index (χ3v) is 5.05. The van der Waals surface area contributed by atoms with Crippen molar-refractivity contribution in [3.8, 4) is 22.7 Å². The number of hydrogen-bond donors (Lipinski definition) is 1. The molecule has 4 aromatic rings. The van der Waals surface area contributed by atoms with E-state index < -0.39 is 10.8 Å². The Morgan fingerprint density at radius 3 is 2.60 bits per heavy atom. The Morgan fingerprint density at radius 1 is 1.11 bits per heavy atom. The summed E-state index contributed by atoms with van der Waals surface area (Å²) >= 11 is 0. The molecule has 0 aliphatic heterocycles. The molecular weight excluding hydrogens is 446 g/mol. The van der Waals surface area contributed by atoms with Crippen molar-refractivity contribution in [1.29, 1.82) is 0 Å². The van der Waals surface area contributed by atoms with E-state index >= 15 is 0 Å². The van der Waals surface area contributed by atoms with Gasteiger partial charge in [-0.3, -0.25) is 14.9 Å². The van der Waals surface area contributed by atoms with Gasteiger partial charge in [0.05, 0.1) is 23.4 Å². The van der Waals surface area contributed by atoms with Gasteiger partial charge in [0.1, 0.15) is 11.4 Å². The summed E-state index contributed by atoms with van der Waals surface area (Å²) in [4.78, 5) is 22.8. The first-order chi connectivity index (χ1) is 17.0. The number of ether oxygens (including phenoxy) is 1. The van der Waals surface area contributed by atoms with E-state index in [2.05, 4.69) is 10.5 Å². The van der Waals surface area contributed by atoms with Gasteiger partial charge in [-0.05, 0) is 48.9 Å².